The molecule has 1 rings (SSSR count). The summed E-state index contributed by atoms with van der Waals surface area (Å²) in [6.45, 7) is 0. The topological polar surface area (TPSA) is 0 Å². The third-order valence-electron chi connectivity index (χ3n) is 1.11. The fraction of sp³-hybridized carbons (Fsp3) is 0.333. The molecule has 1 aliphatic rings. The lowest BCUT2D eigenvalue weighted by Crippen LogP contribution is -1.72. The summed E-state index contributed by atoms with van der Waals surface area (Å²) in [7, 11) is 5.33. The smallest absolute Gasteiger partial charge is 0.0712 e. The van der Waals surface area contributed by atoms with Gasteiger partial charge in [0.05, 0.1) is 7.85 Å². The van der Waals surface area contributed by atoms with Gasteiger partial charge in [-0.15, -0.1) is 0 Å². The SMILES string of the molecule is [B]CC1=CC=CC1. The van der Waals surface area contributed by atoms with Crippen molar-refractivity contribution in [2.45, 2.75) is 12.7 Å². The van der Waals surface area contributed by atoms with E-state index in [2.05, 4.69) is 12.2 Å². The molecule has 0 saturated heterocycles. The number of rotatable bonds is 1. The van der Waals surface area contributed by atoms with Crippen molar-refractivity contribution < 1.29 is 0 Å². The van der Waals surface area contributed by atoms with Gasteiger partial charge in [0.15, 0.2) is 0 Å². The van der Waals surface area contributed by atoms with Gasteiger partial charge in [-0.3, -0.25) is 0 Å². The lowest BCUT2D eigenvalue weighted by atomic mass is 9.96. The molecule has 0 fully saturated rings. The Bertz CT molecular complexity index is 111. The molecule has 0 nitrogen and oxygen atoms in total. The van der Waals surface area contributed by atoms with Gasteiger partial charge >= 0.3 is 0 Å². The Morgan fingerprint density at radius 2 is 2.57 bits per heavy atom. The van der Waals surface area contributed by atoms with Crippen LogP contribution in [0.15, 0.2) is 23.8 Å². The Morgan fingerprint density at radius 1 is 1.71 bits per heavy atom. The summed E-state index contributed by atoms with van der Waals surface area (Å²) >= 11 is 0. The molecule has 0 saturated carbocycles. The van der Waals surface area contributed by atoms with Crippen molar-refractivity contribution >= 4 is 7.85 Å². The van der Waals surface area contributed by atoms with Crippen LogP contribution in [0.3, 0.4) is 0 Å². The third-order valence-corrected chi connectivity index (χ3v) is 1.11. The molecule has 0 aliphatic heterocycles. The predicted molar refractivity (Wildman–Crippen MR) is 32.4 cm³/mol. The highest BCUT2D eigenvalue weighted by Gasteiger charge is 1.91. The van der Waals surface area contributed by atoms with E-state index in [0.29, 0.717) is 6.32 Å². The van der Waals surface area contributed by atoms with E-state index >= 15 is 0 Å². The molecule has 2 radical (unpaired) electrons. The molecular formula is C6H7B. The van der Waals surface area contributed by atoms with Crippen LogP contribution in [0.25, 0.3) is 0 Å². The molecule has 0 unspecified atom stereocenters. The van der Waals surface area contributed by atoms with Gasteiger partial charge in [0.1, 0.15) is 0 Å². The molecule has 0 aromatic carbocycles. The largest absolute Gasteiger partial charge is 0.0805 e. The highest BCUT2D eigenvalue weighted by atomic mass is 14.0. The average Bonchev–Trinajstić information content (AvgIpc) is 2.14. The molecule has 0 N–H and O–H groups in total. The molecular weight excluding hydrogens is 82.9 g/mol. The fourth-order valence-electron chi connectivity index (χ4n) is 0.643. The predicted octanol–water partition coefficient (Wildman–Crippen LogP) is 1.46. The molecule has 0 heterocycles. The first-order valence-electron chi connectivity index (χ1n) is 2.48. The maximum Gasteiger partial charge on any atom is 0.0712 e. The summed E-state index contributed by atoms with van der Waals surface area (Å²) in [5, 5.41) is 0. The van der Waals surface area contributed by atoms with E-state index < -0.39 is 0 Å². The van der Waals surface area contributed by atoms with Crippen LogP contribution in [0.4, 0.5) is 0 Å². The van der Waals surface area contributed by atoms with Crippen LogP contribution in [0.1, 0.15) is 6.42 Å². The summed E-state index contributed by atoms with van der Waals surface area (Å²) in [5.41, 5.74) is 1.33. The number of hydrogen-bond donors (Lipinski definition) is 0. The van der Waals surface area contributed by atoms with E-state index in [1.54, 1.807) is 0 Å². The van der Waals surface area contributed by atoms with Crippen molar-refractivity contribution in [3.8, 4) is 0 Å². The zero-order valence-electron chi connectivity index (χ0n) is 4.22. The summed E-state index contributed by atoms with van der Waals surface area (Å²) in [6, 6.07) is 0. The molecule has 0 spiro atoms. The van der Waals surface area contributed by atoms with Gasteiger partial charge in [-0.05, 0) is 6.42 Å². The van der Waals surface area contributed by atoms with Gasteiger partial charge in [0.2, 0.25) is 0 Å². The third kappa shape index (κ3) is 0.954. The second kappa shape index (κ2) is 2.01. The minimum atomic E-state index is 0.715. The van der Waals surface area contributed by atoms with E-state index in [4.69, 9.17) is 7.85 Å². The van der Waals surface area contributed by atoms with Gasteiger partial charge in [-0.25, -0.2) is 0 Å². The second-order valence-electron chi connectivity index (χ2n) is 1.66. The maximum atomic E-state index is 5.33. The van der Waals surface area contributed by atoms with Crippen molar-refractivity contribution in [2.75, 3.05) is 0 Å². The molecule has 0 bridgehead atoms. The molecule has 1 aliphatic carbocycles. The van der Waals surface area contributed by atoms with Crippen molar-refractivity contribution in [3.63, 3.8) is 0 Å². The first kappa shape index (κ1) is 4.70. The standard InChI is InChI=1S/C6H7B/c7-5-6-3-1-2-4-6/h1-3H,4-5H2. The number of hydrogen-bond acceptors (Lipinski definition) is 0. The lowest BCUT2D eigenvalue weighted by Gasteiger charge is -1.88. The van der Waals surface area contributed by atoms with Crippen LogP contribution < -0.4 is 0 Å². The molecule has 1 heteroatoms. The zero-order chi connectivity index (χ0) is 5.11. The van der Waals surface area contributed by atoms with Crippen LogP contribution in [-0.4, -0.2) is 7.85 Å². The Hall–Kier alpha value is -0.455. The molecule has 0 aromatic rings. The Labute approximate surface area is 45.3 Å². The lowest BCUT2D eigenvalue weighted by molar-refractivity contribution is 1.25. The molecule has 0 aromatic heterocycles. The van der Waals surface area contributed by atoms with Crippen molar-refractivity contribution in [1.29, 1.82) is 0 Å². The van der Waals surface area contributed by atoms with Crippen molar-refractivity contribution in [3.05, 3.63) is 23.8 Å². The van der Waals surface area contributed by atoms with Gasteiger partial charge in [-0.1, -0.05) is 30.1 Å². The van der Waals surface area contributed by atoms with Crippen LogP contribution in [0, 0.1) is 0 Å². The van der Waals surface area contributed by atoms with Crippen LogP contribution >= 0.6 is 0 Å². The van der Waals surface area contributed by atoms with E-state index in [1.807, 2.05) is 6.08 Å². The summed E-state index contributed by atoms with van der Waals surface area (Å²) in [4.78, 5) is 0. The second-order valence-corrected chi connectivity index (χ2v) is 1.66. The van der Waals surface area contributed by atoms with Gasteiger partial charge in [0.25, 0.3) is 0 Å². The van der Waals surface area contributed by atoms with Crippen LogP contribution in [0.5, 0.6) is 0 Å². The Kier molecular flexibility index (Phi) is 1.35. The van der Waals surface area contributed by atoms with Crippen molar-refractivity contribution in [1.82, 2.24) is 0 Å². The summed E-state index contributed by atoms with van der Waals surface area (Å²) in [6.07, 6.45) is 8.01. The molecule has 0 atom stereocenters. The zero-order valence-corrected chi connectivity index (χ0v) is 4.22. The van der Waals surface area contributed by atoms with Crippen LogP contribution in [0.2, 0.25) is 6.32 Å². The molecule has 7 heavy (non-hydrogen) atoms. The van der Waals surface area contributed by atoms with E-state index in [0.717, 1.165) is 6.42 Å². The summed E-state index contributed by atoms with van der Waals surface area (Å²) < 4.78 is 0. The highest BCUT2D eigenvalue weighted by molar-refractivity contribution is 6.10. The first-order chi connectivity index (χ1) is 3.43. The maximum absolute atomic E-state index is 5.33. The minimum absolute atomic E-state index is 0.715. The quantitative estimate of drug-likeness (QED) is 0.427. The van der Waals surface area contributed by atoms with Crippen molar-refractivity contribution in [2.24, 2.45) is 0 Å². The van der Waals surface area contributed by atoms with E-state index in [-0.39, 0.29) is 0 Å². The highest BCUT2D eigenvalue weighted by Crippen LogP contribution is 2.11. The monoisotopic (exact) mass is 90.1 g/mol. The van der Waals surface area contributed by atoms with Gasteiger partial charge in [-0.2, -0.15) is 0 Å². The fourth-order valence-corrected chi connectivity index (χ4v) is 0.643. The Morgan fingerprint density at radius 3 is 2.86 bits per heavy atom. The summed E-state index contributed by atoms with van der Waals surface area (Å²) in [5.74, 6) is 0. The molecule has 0 amide bonds. The first-order valence-corrected chi connectivity index (χ1v) is 2.48. The molecule has 34 valence electrons. The van der Waals surface area contributed by atoms with E-state index in [1.165, 1.54) is 5.57 Å². The normalized spacial score (nSPS) is 17.4. The van der Waals surface area contributed by atoms with Gasteiger partial charge < -0.3 is 0 Å². The Balaban J connectivity index is 2.45. The average molecular weight is 89.9 g/mol. The minimum Gasteiger partial charge on any atom is -0.0805 e. The van der Waals surface area contributed by atoms with Crippen LogP contribution in [-0.2, 0) is 0 Å². The van der Waals surface area contributed by atoms with E-state index in [9.17, 15) is 0 Å². The van der Waals surface area contributed by atoms with Gasteiger partial charge in [0, 0.05) is 0 Å². The number of allylic oxidation sites excluding steroid dienone is 4.